The van der Waals surface area contributed by atoms with Crippen molar-refractivity contribution in [3.8, 4) is 0 Å². The normalized spacial score (nSPS) is 11.1. The van der Waals surface area contributed by atoms with Gasteiger partial charge in [0.05, 0.1) is 5.70 Å². The third kappa shape index (κ3) is 2.26. The van der Waals surface area contributed by atoms with Gasteiger partial charge in [0.25, 0.3) is 6.29 Å². The van der Waals surface area contributed by atoms with Crippen LogP contribution in [0.15, 0.2) is 36.0 Å². The molecule has 0 unspecified atom stereocenters. The third-order valence-corrected chi connectivity index (χ3v) is 1.24. The van der Waals surface area contributed by atoms with E-state index in [1.165, 1.54) is 0 Å². The second-order valence-corrected chi connectivity index (χ2v) is 2.11. The number of hydrogen-bond donors (Lipinski definition) is 1. The van der Waals surface area contributed by atoms with Crippen LogP contribution in [0.2, 0.25) is 0 Å². The summed E-state index contributed by atoms with van der Waals surface area (Å²) in [5, 5.41) is 0. The predicted molar refractivity (Wildman–Crippen MR) is 44.3 cm³/mol. The molecule has 0 fully saturated rings. The van der Waals surface area contributed by atoms with Gasteiger partial charge in [-0.05, 0) is 11.6 Å². The molecule has 0 aliphatic rings. The van der Waals surface area contributed by atoms with E-state index in [1.54, 1.807) is 12.4 Å². The van der Waals surface area contributed by atoms with Gasteiger partial charge in [-0.25, -0.2) is 0 Å². The molecule has 0 aliphatic heterocycles. The van der Waals surface area contributed by atoms with E-state index in [0.717, 1.165) is 5.56 Å². The lowest BCUT2D eigenvalue weighted by molar-refractivity contribution is 0.561. The fraction of sp³-hybridized carbons (Fsp3) is 0. The summed E-state index contributed by atoms with van der Waals surface area (Å²) < 4.78 is 0. The lowest BCUT2D eigenvalue weighted by Crippen LogP contribution is -1.96. The van der Waals surface area contributed by atoms with E-state index in [4.69, 9.17) is 5.73 Å². The topological polar surface area (TPSA) is 43.1 Å². The second kappa shape index (κ2) is 3.56. The summed E-state index contributed by atoms with van der Waals surface area (Å²) in [6.45, 7) is 0. The van der Waals surface area contributed by atoms with Gasteiger partial charge in [-0.2, -0.15) is 0 Å². The molecule has 1 aromatic carbocycles. The van der Waals surface area contributed by atoms with Crippen LogP contribution in [-0.4, -0.2) is 6.29 Å². The highest BCUT2D eigenvalue weighted by molar-refractivity contribution is 5.80. The van der Waals surface area contributed by atoms with Gasteiger partial charge in [-0.15, -0.1) is 0 Å². The maximum atomic E-state index is 9.99. The van der Waals surface area contributed by atoms with E-state index in [-0.39, 0.29) is 5.70 Å². The standard InChI is InChI=1S/C9H8NO/c10-9(7-11)6-8-4-2-1-3-5-8/h1-6H,10H2/b9-6-. The van der Waals surface area contributed by atoms with E-state index < -0.39 is 0 Å². The SMILES string of the molecule is N/C([C]=O)=C\c1ccccc1. The molecule has 0 amide bonds. The van der Waals surface area contributed by atoms with Crippen molar-refractivity contribution in [2.45, 2.75) is 0 Å². The maximum absolute atomic E-state index is 9.99. The van der Waals surface area contributed by atoms with Gasteiger partial charge in [-0.1, -0.05) is 30.3 Å². The summed E-state index contributed by atoms with van der Waals surface area (Å²) in [5.74, 6) is 0. The molecule has 1 rings (SSSR count). The van der Waals surface area contributed by atoms with Crippen LogP contribution in [0, 0.1) is 0 Å². The number of allylic oxidation sites excluding steroid dienone is 1. The summed E-state index contributed by atoms with van der Waals surface area (Å²) in [6, 6.07) is 9.39. The van der Waals surface area contributed by atoms with E-state index in [1.807, 2.05) is 30.3 Å². The zero-order valence-corrected chi connectivity index (χ0v) is 5.95. The van der Waals surface area contributed by atoms with E-state index in [2.05, 4.69) is 0 Å². The number of hydrogen-bond acceptors (Lipinski definition) is 2. The van der Waals surface area contributed by atoms with Crippen LogP contribution < -0.4 is 5.73 Å². The van der Waals surface area contributed by atoms with Crippen molar-refractivity contribution in [2.75, 3.05) is 0 Å². The molecule has 0 spiro atoms. The van der Waals surface area contributed by atoms with Crippen molar-refractivity contribution in [1.29, 1.82) is 0 Å². The van der Waals surface area contributed by atoms with Crippen LogP contribution in [0.3, 0.4) is 0 Å². The van der Waals surface area contributed by atoms with Gasteiger partial charge in [0.2, 0.25) is 0 Å². The second-order valence-electron chi connectivity index (χ2n) is 2.11. The third-order valence-electron chi connectivity index (χ3n) is 1.24. The molecule has 1 radical (unpaired) electrons. The largest absolute Gasteiger partial charge is 0.395 e. The van der Waals surface area contributed by atoms with Crippen LogP contribution >= 0.6 is 0 Å². The molecule has 11 heavy (non-hydrogen) atoms. The van der Waals surface area contributed by atoms with Gasteiger partial charge >= 0.3 is 0 Å². The van der Waals surface area contributed by atoms with E-state index in [9.17, 15) is 4.79 Å². The van der Waals surface area contributed by atoms with Gasteiger partial charge < -0.3 is 5.73 Å². The van der Waals surface area contributed by atoms with Gasteiger partial charge in [-0.3, -0.25) is 4.79 Å². The Morgan fingerprint density at radius 1 is 1.36 bits per heavy atom. The minimum Gasteiger partial charge on any atom is -0.395 e. The van der Waals surface area contributed by atoms with Gasteiger partial charge in [0.15, 0.2) is 0 Å². The molecular formula is C9H8NO. The smallest absolute Gasteiger partial charge is 0.250 e. The summed E-state index contributed by atoms with van der Waals surface area (Å²) in [5.41, 5.74) is 6.27. The van der Waals surface area contributed by atoms with Crippen LogP contribution in [-0.2, 0) is 4.79 Å². The van der Waals surface area contributed by atoms with Gasteiger partial charge in [0, 0.05) is 0 Å². The highest BCUT2D eigenvalue weighted by Gasteiger charge is 1.87. The van der Waals surface area contributed by atoms with Crippen LogP contribution in [0.25, 0.3) is 6.08 Å². The quantitative estimate of drug-likeness (QED) is 0.635. The number of benzene rings is 1. The summed E-state index contributed by atoms with van der Waals surface area (Å²) in [6.07, 6.45) is 3.18. The molecule has 0 bridgehead atoms. The van der Waals surface area contributed by atoms with Crippen molar-refractivity contribution < 1.29 is 4.79 Å². The molecule has 0 atom stereocenters. The predicted octanol–water partition coefficient (Wildman–Crippen LogP) is 1.10. The highest BCUT2D eigenvalue weighted by atomic mass is 16.1. The lowest BCUT2D eigenvalue weighted by Gasteiger charge is -1.90. The maximum Gasteiger partial charge on any atom is 0.250 e. The Labute approximate surface area is 65.3 Å². The molecule has 0 saturated carbocycles. The Morgan fingerprint density at radius 3 is 2.55 bits per heavy atom. The average Bonchev–Trinajstić information content (AvgIpc) is 2.06. The molecule has 1 aromatic rings. The molecule has 0 heterocycles. The Kier molecular flexibility index (Phi) is 2.44. The summed E-state index contributed by atoms with van der Waals surface area (Å²) in [7, 11) is 0. The molecule has 0 aromatic heterocycles. The minimum atomic E-state index is 0.121. The van der Waals surface area contributed by atoms with Crippen molar-refractivity contribution in [3.63, 3.8) is 0 Å². The molecule has 0 aliphatic carbocycles. The zero-order chi connectivity index (χ0) is 8.10. The fourth-order valence-electron chi connectivity index (χ4n) is 0.758. The Morgan fingerprint density at radius 2 is 2.00 bits per heavy atom. The summed E-state index contributed by atoms with van der Waals surface area (Å²) in [4.78, 5) is 9.99. The van der Waals surface area contributed by atoms with Crippen molar-refractivity contribution in [1.82, 2.24) is 0 Å². The first-order chi connectivity index (χ1) is 5.33. The first-order valence-electron chi connectivity index (χ1n) is 3.23. The first-order valence-corrected chi connectivity index (χ1v) is 3.23. The average molecular weight is 146 g/mol. The molecule has 2 heteroatoms. The molecular weight excluding hydrogens is 138 g/mol. The zero-order valence-electron chi connectivity index (χ0n) is 5.95. The van der Waals surface area contributed by atoms with Crippen molar-refractivity contribution in [2.24, 2.45) is 5.73 Å². The lowest BCUT2D eigenvalue weighted by atomic mass is 10.2. The molecule has 55 valence electrons. The molecule has 2 N–H and O–H groups in total. The van der Waals surface area contributed by atoms with E-state index >= 15 is 0 Å². The molecule has 0 saturated heterocycles. The number of nitrogens with two attached hydrogens (primary N) is 1. The van der Waals surface area contributed by atoms with Crippen LogP contribution in [0.1, 0.15) is 5.56 Å². The monoisotopic (exact) mass is 146 g/mol. The van der Waals surface area contributed by atoms with Gasteiger partial charge in [0.1, 0.15) is 0 Å². The van der Waals surface area contributed by atoms with E-state index in [0.29, 0.717) is 0 Å². The Balaban J connectivity index is 2.87. The molecule has 2 nitrogen and oxygen atoms in total. The first kappa shape index (κ1) is 7.54. The number of rotatable bonds is 2. The minimum absolute atomic E-state index is 0.121. The fourth-order valence-corrected chi connectivity index (χ4v) is 0.758. The Bertz CT molecular complexity index is 264. The van der Waals surface area contributed by atoms with Crippen molar-refractivity contribution in [3.05, 3.63) is 41.6 Å². The Hall–Kier alpha value is -1.57. The van der Waals surface area contributed by atoms with Crippen molar-refractivity contribution >= 4 is 12.4 Å². The summed E-state index contributed by atoms with van der Waals surface area (Å²) >= 11 is 0. The van der Waals surface area contributed by atoms with Crippen LogP contribution in [0.4, 0.5) is 0 Å². The number of carbonyl (C=O) groups excluding carboxylic acids is 1. The van der Waals surface area contributed by atoms with Crippen LogP contribution in [0.5, 0.6) is 0 Å². The highest BCUT2D eigenvalue weighted by Crippen LogP contribution is 2.01.